The molecule has 250 valence electrons. The summed E-state index contributed by atoms with van der Waals surface area (Å²) in [5.74, 6) is 1.87. The molecular weight excluding hydrogens is 711 g/mol. The molecular formula is C43H48Cl2O2Zr. The fourth-order valence-corrected chi connectivity index (χ4v) is 16.1. The number of methoxy groups -OCH3 is 2. The summed E-state index contributed by atoms with van der Waals surface area (Å²) in [6.45, 7) is 18.4. The smallest absolute Gasteiger partial charge is 1.00 e. The first kappa shape index (κ1) is 38.1. The van der Waals surface area contributed by atoms with Gasteiger partial charge in [-0.1, -0.05) is 0 Å². The van der Waals surface area contributed by atoms with Crippen molar-refractivity contribution in [1.82, 2.24) is 0 Å². The van der Waals surface area contributed by atoms with Crippen LogP contribution in [0, 0.1) is 13.8 Å². The summed E-state index contributed by atoms with van der Waals surface area (Å²) in [6, 6.07) is 28.4. The van der Waals surface area contributed by atoms with Crippen LogP contribution >= 0.6 is 0 Å². The molecule has 0 bridgehead atoms. The number of hydrogen-bond donors (Lipinski definition) is 0. The SMILES string of the molecule is COc1ccc([C](c2ccc(OC)c(C)c2)=[Zr+2]([C]2=CC=CC2)[CH]2c3cc(C(C)(C)C)ccc3-c3ccc(C(C)(C)C)cc32)cc1C.[Cl-].[Cl-]. The monoisotopic (exact) mass is 756 g/mol. The maximum atomic E-state index is 5.75. The average molecular weight is 759 g/mol. The molecule has 0 amide bonds. The Kier molecular flexibility index (Phi) is 11.6. The van der Waals surface area contributed by atoms with Crippen LogP contribution in [0.25, 0.3) is 11.1 Å². The van der Waals surface area contributed by atoms with Gasteiger partial charge >= 0.3 is 286 Å². The van der Waals surface area contributed by atoms with Gasteiger partial charge in [-0.05, 0) is 0 Å². The Hall–Kier alpha value is -2.71. The molecule has 0 atom stereocenters. The van der Waals surface area contributed by atoms with E-state index in [0.717, 1.165) is 17.9 Å². The van der Waals surface area contributed by atoms with Crippen molar-refractivity contribution in [1.29, 1.82) is 0 Å². The second-order valence-corrected chi connectivity index (χ2v) is 21.3. The van der Waals surface area contributed by atoms with Gasteiger partial charge in [0.05, 0.1) is 0 Å². The Morgan fingerprint density at radius 1 is 0.646 bits per heavy atom. The number of halogens is 2. The van der Waals surface area contributed by atoms with Gasteiger partial charge in [-0.25, -0.2) is 0 Å². The molecule has 48 heavy (non-hydrogen) atoms. The van der Waals surface area contributed by atoms with E-state index in [2.05, 4.69) is 146 Å². The molecule has 0 unspecified atom stereocenters. The molecule has 6 rings (SSSR count). The molecule has 4 aromatic carbocycles. The number of benzene rings is 4. The van der Waals surface area contributed by atoms with Crippen LogP contribution in [0.5, 0.6) is 11.5 Å². The van der Waals surface area contributed by atoms with E-state index in [9.17, 15) is 0 Å². The number of allylic oxidation sites excluding steroid dienone is 4. The van der Waals surface area contributed by atoms with Crippen molar-refractivity contribution in [3.63, 3.8) is 0 Å². The largest absolute Gasteiger partial charge is 1.00 e. The minimum absolute atomic E-state index is 0. The van der Waals surface area contributed by atoms with Gasteiger partial charge in [0.2, 0.25) is 0 Å². The Morgan fingerprint density at radius 3 is 1.46 bits per heavy atom. The second-order valence-electron chi connectivity index (χ2n) is 15.0. The van der Waals surface area contributed by atoms with Crippen molar-refractivity contribution in [3.05, 3.63) is 139 Å². The zero-order valence-electron chi connectivity index (χ0n) is 30.0. The fourth-order valence-electron chi connectivity index (χ4n) is 7.19. The molecule has 0 saturated heterocycles. The van der Waals surface area contributed by atoms with Crippen LogP contribution in [0.15, 0.2) is 94.3 Å². The van der Waals surface area contributed by atoms with E-state index in [-0.39, 0.29) is 35.6 Å². The molecule has 5 heteroatoms. The van der Waals surface area contributed by atoms with E-state index in [4.69, 9.17) is 9.47 Å². The van der Waals surface area contributed by atoms with Crippen molar-refractivity contribution in [2.45, 2.75) is 76.3 Å². The summed E-state index contributed by atoms with van der Waals surface area (Å²) in [6.07, 6.45) is 8.14. The summed E-state index contributed by atoms with van der Waals surface area (Å²) < 4.78 is 15.0. The van der Waals surface area contributed by atoms with E-state index in [0.29, 0.717) is 3.63 Å². The zero-order chi connectivity index (χ0) is 33.0. The molecule has 0 aliphatic heterocycles. The molecule has 2 aliphatic carbocycles. The van der Waals surface area contributed by atoms with Crippen LogP contribution in [0.3, 0.4) is 0 Å². The van der Waals surface area contributed by atoms with Crippen LogP contribution in [-0.4, -0.2) is 17.4 Å². The predicted octanol–water partition coefficient (Wildman–Crippen LogP) is 4.72. The van der Waals surface area contributed by atoms with Gasteiger partial charge in [0, 0.05) is 0 Å². The molecule has 0 fully saturated rings. The third-order valence-electron chi connectivity index (χ3n) is 9.79. The normalized spacial score (nSPS) is 13.4. The van der Waals surface area contributed by atoms with Crippen molar-refractivity contribution in [2.75, 3.05) is 14.2 Å². The van der Waals surface area contributed by atoms with Crippen LogP contribution in [0.2, 0.25) is 0 Å². The van der Waals surface area contributed by atoms with E-state index in [1.807, 2.05) is 0 Å². The molecule has 0 heterocycles. The Morgan fingerprint density at radius 2 is 1.10 bits per heavy atom. The summed E-state index contributed by atoms with van der Waals surface area (Å²) in [5.41, 5.74) is 13.8. The maximum absolute atomic E-state index is 5.75. The minimum Gasteiger partial charge on any atom is -1.00 e. The zero-order valence-corrected chi connectivity index (χ0v) is 34.0. The van der Waals surface area contributed by atoms with Crippen LogP contribution in [-0.2, 0) is 32.1 Å². The van der Waals surface area contributed by atoms with Crippen molar-refractivity contribution in [3.8, 4) is 22.6 Å². The summed E-state index contributed by atoms with van der Waals surface area (Å²) >= 11 is -2.86. The Balaban J connectivity index is 0.00000260. The van der Waals surface area contributed by atoms with Crippen LogP contribution in [0.1, 0.15) is 96.1 Å². The van der Waals surface area contributed by atoms with Gasteiger partial charge < -0.3 is 24.8 Å². The third-order valence-corrected chi connectivity index (χ3v) is 18.1. The molecule has 2 nitrogen and oxygen atoms in total. The number of fused-ring (bicyclic) bond motifs is 3. The van der Waals surface area contributed by atoms with Crippen LogP contribution in [0.4, 0.5) is 0 Å². The van der Waals surface area contributed by atoms with Gasteiger partial charge in [-0.15, -0.1) is 0 Å². The molecule has 0 N–H and O–H groups in total. The van der Waals surface area contributed by atoms with E-state index in [1.165, 1.54) is 55.6 Å². The first-order valence-electron chi connectivity index (χ1n) is 16.5. The fraction of sp³-hybridized carbons (Fsp3) is 0.326. The molecule has 0 radical (unpaired) electrons. The maximum Gasteiger partial charge on any atom is -1.00 e. The average Bonchev–Trinajstić information content (AvgIpc) is 3.65. The van der Waals surface area contributed by atoms with E-state index in [1.54, 1.807) is 20.7 Å². The van der Waals surface area contributed by atoms with Crippen molar-refractivity contribution < 1.29 is 55.6 Å². The summed E-state index contributed by atoms with van der Waals surface area (Å²) in [5, 5.41) is 0. The van der Waals surface area contributed by atoms with Gasteiger partial charge in [-0.2, -0.15) is 0 Å². The number of rotatable bonds is 6. The summed E-state index contributed by atoms with van der Waals surface area (Å²) in [4.78, 5) is 0. The first-order chi connectivity index (χ1) is 21.8. The molecule has 0 spiro atoms. The van der Waals surface area contributed by atoms with Gasteiger partial charge in [0.15, 0.2) is 0 Å². The van der Waals surface area contributed by atoms with Gasteiger partial charge in [0.25, 0.3) is 0 Å². The standard InChI is InChI=1S/C21H25.C17H18O2.C5H5.2ClH.Zr/c1-20(2,3)16-7-9-18-14(12-16)11-15-13-17(21(4,5)6)8-10-19(15)18;1-12-9-14(5-7-16(12)18-3)11-15-6-8-17(19-4)13(2)10-15;1-2-4-5-3-1;;;/h7-13H,1-6H3;5-10H,1-4H3;1-3H,4H2;2*1H;/q;;;;;+2/p-2. The Labute approximate surface area is 308 Å². The number of hydrogen-bond acceptors (Lipinski definition) is 2. The predicted molar refractivity (Wildman–Crippen MR) is 192 cm³/mol. The van der Waals surface area contributed by atoms with Gasteiger partial charge in [0.1, 0.15) is 0 Å². The molecule has 0 aromatic heterocycles. The van der Waals surface area contributed by atoms with Crippen molar-refractivity contribution in [2.24, 2.45) is 0 Å². The van der Waals surface area contributed by atoms with Crippen LogP contribution < -0.4 is 34.3 Å². The van der Waals surface area contributed by atoms with Crippen molar-refractivity contribution >= 4 is 3.21 Å². The molecule has 0 saturated carbocycles. The minimum atomic E-state index is -2.86. The topological polar surface area (TPSA) is 18.5 Å². The van der Waals surface area contributed by atoms with E-state index < -0.39 is 21.3 Å². The molecule has 4 aromatic rings. The summed E-state index contributed by atoms with van der Waals surface area (Å²) in [7, 11) is 3.53. The first-order valence-corrected chi connectivity index (χ1v) is 20.4. The number of aryl methyl sites for hydroxylation is 2. The third kappa shape index (κ3) is 7.12. The quantitative estimate of drug-likeness (QED) is 0.284. The molecule has 2 aliphatic rings. The number of ether oxygens (including phenoxy) is 2. The van der Waals surface area contributed by atoms with Gasteiger partial charge in [-0.3, -0.25) is 0 Å². The Bertz CT molecular complexity index is 1820. The second kappa shape index (κ2) is 14.6. The van der Waals surface area contributed by atoms with E-state index >= 15 is 0 Å².